The lowest BCUT2D eigenvalue weighted by Gasteiger charge is -2.34. The minimum Gasteiger partial charge on any atom is -0.496 e. The Bertz CT molecular complexity index is 1560. The quantitative estimate of drug-likeness (QED) is 0.387. The third kappa shape index (κ3) is 5.45. The molecular formula is C31H29F2N3O4. The fourth-order valence-electron chi connectivity index (χ4n) is 5.24. The first-order valence-electron chi connectivity index (χ1n) is 13.0. The van der Waals surface area contributed by atoms with Crippen molar-refractivity contribution in [2.24, 2.45) is 0 Å². The molecule has 2 heterocycles. The van der Waals surface area contributed by atoms with Gasteiger partial charge in [-0.3, -0.25) is 9.59 Å². The molecule has 0 saturated carbocycles. The summed E-state index contributed by atoms with van der Waals surface area (Å²) in [7, 11) is 1.50. The Labute approximate surface area is 230 Å². The molecule has 5 rings (SSSR count). The van der Waals surface area contributed by atoms with Crippen LogP contribution >= 0.6 is 0 Å². The smallest absolute Gasteiger partial charge is 0.255 e. The van der Waals surface area contributed by atoms with E-state index in [1.807, 2.05) is 26.0 Å². The molecule has 2 aliphatic rings. The Morgan fingerprint density at radius 2 is 1.88 bits per heavy atom. The molecule has 0 spiro atoms. The van der Waals surface area contributed by atoms with E-state index in [1.54, 1.807) is 24.4 Å². The highest BCUT2D eigenvalue weighted by molar-refractivity contribution is 6.09. The predicted molar refractivity (Wildman–Crippen MR) is 146 cm³/mol. The van der Waals surface area contributed by atoms with Crippen LogP contribution < -0.4 is 20.1 Å². The second-order valence-electron chi connectivity index (χ2n) is 9.87. The van der Waals surface area contributed by atoms with Gasteiger partial charge in [0.1, 0.15) is 24.0 Å². The van der Waals surface area contributed by atoms with Gasteiger partial charge in [-0.15, -0.1) is 0 Å². The highest BCUT2D eigenvalue weighted by Crippen LogP contribution is 2.43. The molecule has 0 radical (unpaired) electrons. The van der Waals surface area contributed by atoms with Crippen LogP contribution in [-0.4, -0.2) is 23.8 Å². The van der Waals surface area contributed by atoms with Gasteiger partial charge in [-0.05, 0) is 74.2 Å². The number of carbonyl (C=O) groups is 2. The number of halogens is 2. The van der Waals surface area contributed by atoms with Crippen molar-refractivity contribution in [3.63, 3.8) is 0 Å². The van der Waals surface area contributed by atoms with E-state index in [9.17, 15) is 18.4 Å². The summed E-state index contributed by atoms with van der Waals surface area (Å²) < 4.78 is 38.7. The summed E-state index contributed by atoms with van der Waals surface area (Å²) in [5.41, 5.74) is 4.62. The number of hydrogen-bond donors (Lipinski definition) is 2. The monoisotopic (exact) mass is 545 g/mol. The van der Waals surface area contributed by atoms with Crippen LogP contribution in [0.15, 0.2) is 77.3 Å². The summed E-state index contributed by atoms with van der Waals surface area (Å²) in [4.78, 5) is 31.3. The third-order valence-corrected chi connectivity index (χ3v) is 7.09. The molecule has 1 amide bonds. The number of aromatic nitrogens is 1. The zero-order valence-electron chi connectivity index (χ0n) is 22.4. The van der Waals surface area contributed by atoms with Gasteiger partial charge in [0.2, 0.25) is 0 Å². The second-order valence-corrected chi connectivity index (χ2v) is 9.87. The molecule has 3 aromatic rings. The molecule has 1 aromatic heterocycles. The number of rotatable bonds is 7. The number of benzene rings is 2. The number of anilines is 1. The second kappa shape index (κ2) is 11.3. The number of amides is 1. The molecule has 0 bridgehead atoms. The first-order valence-corrected chi connectivity index (χ1v) is 13.0. The van der Waals surface area contributed by atoms with E-state index >= 15 is 0 Å². The Morgan fingerprint density at radius 3 is 2.62 bits per heavy atom. The maximum Gasteiger partial charge on any atom is 0.255 e. The topological polar surface area (TPSA) is 89.5 Å². The van der Waals surface area contributed by atoms with Crippen molar-refractivity contribution in [1.82, 2.24) is 10.3 Å². The van der Waals surface area contributed by atoms with Gasteiger partial charge in [-0.25, -0.2) is 13.8 Å². The molecule has 40 heavy (non-hydrogen) atoms. The van der Waals surface area contributed by atoms with Gasteiger partial charge in [0.15, 0.2) is 17.3 Å². The van der Waals surface area contributed by atoms with Gasteiger partial charge in [0.05, 0.1) is 7.11 Å². The summed E-state index contributed by atoms with van der Waals surface area (Å²) in [5, 5.41) is 6.19. The van der Waals surface area contributed by atoms with E-state index < -0.39 is 17.6 Å². The molecule has 2 aromatic carbocycles. The molecule has 7 nitrogen and oxygen atoms in total. The number of aryl methyl sites for hydroxylation is 1. The van der Waals surface area contributed by atoms with E-state index in [-0.39, 0.29) is 24.0 Å². The maximum atomic E-state index is 14.2. The number of nitrogens with zero attached hydrogens (tertiary/aromatic N) is 1. The molecule has 206 valence electrons. The number of ketones is 1. The molecule has 2 N–H and O–H groups in total. The molecule has 9 heteroatoms. The molecule has 1 aliphatic heterocycles. The summed E-state index contributed by atoms with van der Waals surface area (Å²) in [6.07, 6.45) is 3.43. The zero-order chi connectivity index (χ0) is 28.4. The largest absolute Gasteiger partial charge is 0.496 e. The van der Waals surface area contributed by atoms with Crippen molar-refractivity contribution in [2.45, 2.75) is 45.6 Å². The van der Waals surface area contributed by atoms with E-state index in [4.69, 9.17) is 9.47 Å². The van der Waals surface area contributed by atoms with Gasteiger partial charge in [-0.1, -0.05) is 6.07 Å². The number of nitrogens with one attached hydrogen (secondary N) is 2. The average Bonchev–Trinajstić information content (AvgIpc) is 2.91. The van der Waals surface area contributed by atoms with Crippen LogP contribution in [0.25, 0.3) is 0 Å². The first-order chi connectivity index (χ1) is 19.2. The number of hydrogen-bond acceptors (Lipinski definition) is 6. The number of allylic oxidation sites excluding steroid dienone is 3. The van der Waals surface area contributed by atoms with Crippen molar-refractivity contribution in [3.05, 3.63) is 106 Å². The number of ether oxygens (including phenoxy) is 2. The normalized spacial score (nSPS) is 16.8. The molecule has 1 unspecified atom stereocenters. The van der Waals surface area contributed by atoms with Gasteiger partial charge in [0.25, 0.3) is 5.91 Å². The summed E-state index contributed by atoms with van der Waals surface area (Å²) in [6.45, 7) is 3.64. The summed E-state index contributed by atoms with van der Waals surface area (Å²) >= 11 is 0. The van der Waals surface area contributed by atoms with Gasteiger partial charge in [-0.2, -0.15) is 0 Å². The predicted octanol–water partition coefficient (Wildman–Crippen LogP) is 5.86. The van der Waals surface area contributed by atoms with E-state index in [2.05, 4.69) is 15.6 Å². The number of pyridine rings is 1. The van der Waals surface area contributed by atoms with Crippen LogP contribution in [0.2, 0.25) is 0 Å². The van der Waals surface area contributed by atoms with Crippen molar-refractivity contribution in [1.29, 1.82) is 0 Å². The lowest BCUT2D eigenvalue weighted by Crippen LogP contribution is -2.35. The highest BCUT2D eigenvalue weighted by atomic mass is 19.1. The van der Waals surface area contributed by atoms with Crippen molar-refractivity contribution in [3.8, 4) is 11.5 Å². The number of carbonyl (C=O) groups excluding carboxylic acids is 2. The van der Waals surface area contributed by atoms with Crippen LogP contribution in [0, 0.1) is 18.6 Å². The van der Waals surface area contributed by atoms with Crippen LogP contribution in [-0.2, 0) is 16.2 Å². The standard InChI is InChI=1S/C31H29F2N3O4/c1-17-11-12-34-27(13-17)36-31(38)28-18(2)35-23-5-4-6-24(37)30(23)29(28)19-7-9-25(39-3)20(14-19)16-40-26-10-8-21(32)15-22(26)33/h7-15,29,35H,4-6,16H2,1-3H3,(H,34,36,38). The molecule has 0 fully saturated rings. The van der Waals surface area contributed by atoms with Crippen molar-refractivity contribution in [2.75, 3.05) is 12.4 Å². The lowest BCUT2D eigenvalue weighted by molar-refractivity contribution is -0.116. The van der Waals surface area contributed by atoms with Crippen LogP contribution in [0.4, 0.5) is 14.6 Å². The van der Waals surface area contributed by atoms with Crippen LogP contribution in [0.3, 0.4) is 0 Å². The van der Waals surface area contributed by atoms with Gasteiger partial charge >= 0.3 is 0 Å². The Hall–Kier alpha value is -4.53. The maximum absolute atomic E-state index is 14.2. The van der Waals surface area contributed by atoms with E-state index in [0.717, 1.165) is 29.8 Å². The van der Waals surface area contributed by atoms with Gasteiger partial charge < -0.3 is 20.1 Å². The minimum atomic E-state index is -0.821. The molecule has 0 saturated heterocycles. The van der Waals surface area contributed by atoms with Crippen LogP contribution in [0.1, 0.15) is 48.8 Å². The number of Topliss-reactive ketones (excluding diaryl/α,β-unsaturated/α-hetero) is 1. The van der Waals surface area contributed by atoms with E-state index in [1.165, 1.54) is 13.2 Å². The first kappa shape index (κ1) is 27.1. The highest BCUT2D eigenvalue weighted by Gasteiger charge is 2.38. The van der Waals surface area contributed by atoms with E-state index in [0.29, 0.717) is 52.4 Å². The fourth-order valence-corrected chi connectivity index (χ4v) is 5.24. The molecular weight excluding hydrogens is 516 g/mol. The van der Waals surface area contributed by atoms with Crippen molar-refractivity contribution < 1.29 is 27.8 Å². The number of methoxy groups -OCH3 is 1. The molecule has 1 atom stereocenters. The van der Waals surface area contributed by atoms with Crippen molar-refractivity contribution >= 4 is 17.5 Å². The summed E-state index contributed by atoms with van der Waals surface area (Å²) in [5.74, 6) is -1.79. The lowest BCUT2D eigenvalue weighted by atomic mass is 9.74. The van der Waals surface area contributed by atoms with Gasteiger partial charge in [0, 0.05) is 52.7 Å². The Kier molecular flexibility index (Phi) is 7.64. The van der Waals surface area contributed by atoms with Crippen LogP contribution in [0.5, 0.6) is 11.5 Å². The number of dihydropyridines is 1. The average molecular weight is 546 g/mol. The SMILES string of the molecule is COc1ccc(C2C(C(=O)Nc3cc(C)ccn3)=C(C)NC3=C2C(=O)CCC3)cc1COc1ccc(F)cc1F. The minimum absolute atomic E-state index is 0.0211. The Morgan fingerprint density at radius 1 is 1.07 bits per heavy atom. The third-order valence-electron chi connectivity index (χ3n) is 7.09. The Balaban J connectivity index is 1.54. The molecule has 1 aliphatic carbocycles. The zero-order valence-corrected chi connectivity index (χ0v) is 22.4. The fraction of sp³-hybridized carbons (Fsp3) is 0.258. The summed E-state index contributed by atoms with van der Waals surface area (Å²) in [6, 6.07) is 12.0.